The van der Waals surface area contributed by atoms with Gasteiger partial charge in [-0.1, -0.05) is 36.4 Å². The Kier molecular flexibility index (Phi) is 5.11. The van der Waals surface area contributed by atoms with Gasteiger partial charge in [0.1, 0.15) is 0 Å². The third-order valence-corrected chi connectivity index (χ3v) is 4.27. The predicted octanol–water partition coefficient (Wildman–Crippen LogP) is 2.55. The summed E-state index contributed by atoms with van der Waals surface area (Å²) in [6.45, 7) is 3.75. The number of hydrogen-bond acceptors (Lipinski definition) is 5. The van der Waals surface area contributed by atoms with Crippen LogP contribution in [0.15, 0.2) is 48.5 Å². The molecule has 0 fully saturated rings. The second-order valence-electron chi connectivity index (χ2n) is 6.53. The Balaban J connectivity index is 1.48. The van der Waals surface area contributed by atoms with E-state index in [4.69, 9.17) is 14.2 Å². The number of ether oxygens (including phenoxy) is 3. The monoisotopic (exact) mass is 355 g/mol. The molecule has 0 bridgehead atoms. The maximum absolute atomic E-state index is 12.3. The Morgan fingerprint density at radius 3 is 2.58 bits per heavy atom. The van der Waals surface area contributed by atoms with Crippen LogP contribution in [0.1, 0.15) is 25.0 Å². The summed E-state index contributed by atoms with van der Waals surface area (Å²) in [5.74, 6) is 0.548. The number of rotatable bonds is 6. The lowest BCUT2D eigenvalue weighted by Crippen LogP contribution is -2.35. The zero-order valence-corrected chi connectivity index (χ0v) is 14.8. The molecular formula is C20H21NO5. The van der Waals surface area contributed by atoms with E-state index in [1.54, 1.807) is 19.9 Å². The molecule has 1 aliphatic heterocycles. The van der Waals surface area contributed by atoms with Crippen LogP contribution < -0.4 is 14.8 Å². The minimum atomic E-state index is -0.821. The number of amides is 1. The second-order valence-corrected chi connectivity index (χ2v) is 6.53. The fourth-order valence-electron chi connectivity index (χ4n) is 2.59. The van der Waals surface area contributed by atoms with Gasteiger partial charge < -0.3 is 19.5 Å². The first kappa shape index (κ1) is 17.8. The van der Waals surface area contributed by atoms with Crippen LogP contribution in [0.5, 0.6) is 11.5 Å². The van der Waals surface area contributed by atoms with Gasteiger partial charge in [0.2, 0.25) is 6.79 Å². The van der Waals surface area contributed by atoms with Gasteiger partial charge >= 0.3 is 5.97 Å². The van der Waals surface area contributed by atoms with Gasteiger partial charge in [-0.2, -0.15) is 0 Å². The van der Waals surface area contributed by atoms with E-state index in [1.807, 2.05) is 42.5 Å². The molecule has 3 rings (SSSR count). The molecule has 0 saturated heterocycles. The zero-order valence-electron chi connectivity index (χ0n) is 14.8. The number of benzene rings is 2. The van der Waals surface area contributed by atoms with Gasteiger partial charge in [0.15, 0.2) is 18.1 Å². The molecule has 0 saturated carbocycles. The molecule has 1 aliphatic rings. The topological polar surface area (TPSA) is 73.9 Å². The van der Waals surface area contributed by atoms with Gasteiger partial charge in [-0.05, 0) is 37.1 Å². The summed E-state index contributed by atoms with van der Waals surface area (Å²) < 4.78 is 15.7. The van der Waals surface area contributed by atoms with Crippen LogP contribution in [0.4, 0.5) is 0 Å². The molecule has 2 aromatic carbocycles. The lowest BCUT2D eigenvalue weighted by molar-refractivity contribution is -0.153. The molecular weight excluding hydrogens is 334 g/mol. The Morgan fingerprint density at radius 1 is 1.08 bits per heavy atom. The van der Waals surface area contributed by atoms with Gasteiger partial charge in [0.25, 0.3) is 5.91 Å². The number of carbonyl (C=O) groups is 2. The first-order chi connectivity index (χ1) is 12.5. The molecule has 2 aromatic rings. The van der Waals surface area contributed by atoms with Crippen molar-refractivity contribution in [1.29, 1.82) is 0 Å². The van der Waals surface area contributed by atoms with Crippen LogP contribution in [-0.4, -0.2) is 25.3 Å². The molecule has 6 nitrogen and oxygen atoms in total. The minimum absolute atomic E-state index is 0.207. The molecule has 0 atom stereocenters. The van der Waals surface area contributed by atoms with Crippen molar-refractivity contribution in [1.82, 2.24) is 5.32 Å². The van der Waals surface area contributed by atoms with Gasteiger partial charge in [0.05, 0.1) is 5.41 Å². The molecule has 0 spiro atoms. The minimum Gasteiger partial charge on any atom is -0.455 e. The van der Waals surface area contributed by atoms with Crippen molar-refractivity contribution in [3.8, 4) is 11.5 Å². The van der Waals surface area contributed by atoms with Crippen molar-refractivity contribution in [3.63, 3.8) is 0 Å². The van der Waals surface area contributed by atoms with Crippen molar-refractivity contribution in [3.05, 3.63) is 59.7 Å². The first-order valence-corrected chi connectivity index (χ1v) is 8.35. The van der Waals surface area contributed by atoms with Crippen molar-refractivity contribution < 1.29 is 23.8 Å². The normalized spacial score (nSPS) is 12.5. The summed E-state index contributed by atoms with van der Waals surface area (Å²) in [7, 11) is 0. The summed E-state index contributed by atoms with van der Waals surface area (Å²) in [5.41, 5.74) is 0.892. The first-order valence-electron chi connectivity index (χ1n) is 8.35. The van der Waals surface area contributed by atoms with Crippen molar-refractivity contribution in [2.45, 2.75) is 25.8 Å². The lowest BCUT2D eigenvalue weighted by Gasteiger charge is -2.22. The molecule has 1 heterocycles. The van der Waals surface area contributed by atoms with Crippen LogP contribution in [0.2, 0.25) is 0 Å². The van der Waals surface area contributed by atoms with Crippen LogP contribution in [0.3, 0.4) is 0 Å². The summed E-state index contributed by atoms with van der Waals surface area (Å²) in [4.78, 5) is 24.3. The predicted molar refractivity (Wildman–Crippen MR) is 94.8 cm³/mol. The third kappa shape index (κ3) is 3.96. The van der Waals surface area contributed by atoms with Crippen molar-refractivity contribution >= 4 is 11.9 Å². The van der Waals surface area contributed by atoms with Gasteiger partial charge in [-0.25, -0.2) is 0 Å². The van der Waals surface area contributed by atoms with E-state index < -0.39 is 11.4 Å². The number of fused-ring (bicyclic) bond motifs is 1. The molecule has 0 aliphatic carbocycles. The Morgan fingerprint density at radius 2 is 1.81 bits per heavy atom. The fraction of sp³-hybridized carbons (Fsp3) is 0.300. The maximum Gasteiger partial charge on any atom is 0.316 e. The highest BCUT2D eigenvalue weighted by Gasteiger charge is 2.31. The SMILES string of the molecule is CC(C)(C(=O)OCC(=O)NCc1ccc2c(c1)OCO2)c1ccccc1. The number of carbonyl (C=O) groups excluding carboxylic acids is 2. The summed E-state index contributed by atoms with van der Waals surface area (Å²) in [6, 6.07) is 14.8. The van der Waals surface area contributed by atoms with E-state index in [2.05, 4.69) is 5.32 Å². The highest BCUT2D eigenvalue weighted by atomic mass is 16.7. The van der Waals surface area contributed by atoms with Crippen molar-refractivity contribution in [2.75, 3.05) is 13.4 Å². The van der Waals surface area contributed by atoms with E-state index in [-0.39, 0.29) is 19.3 Å². The van der Waals surface area contributed by atoms with E-state index in [1.165, 1.54) is 0 Å². The highest BCUT2D eigenvalue weighted by molar-refractivity contribution is 5.85. The smallest absolute Gasteiger partial charge is 0.316 e. The number of esters is 1. The molecule has 26 heavy (non-hydrogen) atoms. The molecule has 0 radical (unpaired) electrons. The lowest BCUT2D eigenvalue weighted by atomic mass is 9.85. The van der Waals surface area contributed by atoms with Crippen LogP contribution in [-0.2, 0) is 26.3 Å². The standard InChI is InChI=1S/C20H21NO5/c1-20(2,15-6-4-3-5-7-15)19(23)24-12-18(22)21-11-14-8-9-16-17(10-14)26-13-25-16/h3-10H,11-13H2,1-2H3,(H,21,22). The third-order valence-electron chi connectivity index (χ3n) is 4.27. The summed E-state index contributed by atoms with van der Waals surface area (Å²) in [6.07, 6.45) is 0. The van der Waals surface area contributed by atoms with E-state index >= 15 is 0 Å². The van der Waals surface area contributed by atoms with E-state index in [0.29, 0.717) is 18.0 Å². The van der Waals surface area contributed by atoms with Crippen LogP contribution >= 0.6 is 0 Å². The number of nitrogens with one attached hydrogen (secondary N) is 1. The summed E-state index contributed by atoms with van der Waals surface area (Å²) >= 11 is 0. The molecule has 6 heteroatoms. The quantitative estimate of drug-likeness (QED) is 0.806. The van der Waals surface area contributed by atoms with Crippen LogP contribution in [0, 0.1) is 0 Å². The van der Waals surface area contributed by atoms with E-state index in [0.717, 1.165) is 11.1 Å². The highest BCUT2D eigenvalue weighted by Crippen LogP contribution is 2.32. The van der Waals surface area contributed by atoms with Gasteiger partial charge in [0, 0.05) is 6.54 Å². The van der Waals surface area contributed by atoms with Crippen molar-refractivity contribution in [2.24, 2.45) is 0 Å². The van der Waals surface area contributed by atoms with Crippen LogP contribution in [0.25, 0.3) is 0 Å². The zero-order chi connectivity index (χ0) is 18.6. The Hall–Kier alpha value is -3.02. The molecule has 1 amide bonds. The largest absolute Gasteiger partial charge is 0.455 e. The fourth-order valence-corrected chi connectivity index (χ4v) is 2.59. The maximum atomic E-state index is 12.3. The summed E-state index contributed by atoms with van der Waals surface area (Å²) in [5, 5.41) is 2.72. The molecule has 0 aromatic heterocycles. The van der Waals surface area contributed by atoms with Gasteiger partial charge in [-0.15, -0.1) is 0 Å². The molecule has 136 valence electrons. The van der Waals surface area contributed by atoms with E-state index in [9.17, 15) is 9.59 Å². The molecule has 0 unspecified atom stereocenters. The average molecular weight is 355 g/mol. The Bertz CT molecular complexity index is 801. The number of hydrogen-bond donors (Lipinski definition) is 1. The molecule has 1 N–H and O–H groups in total. The average Bonchev–Trinajstić information content (AvgIpc) is 3.12. The van der Waals surface area contributed by atoms with Gasteiger partial charge in [-0.3, -0.25) is 9.59 Å². The Labute approximate surface area is 152 Å². The second kappa shape index (κ2) is 7.47.